The van der Waals surface area contributed by atoms with Gasteiger partial charge in [0, 0.05) is 12.5 Å². The van der Waals surface area contributed by atoms with Crippen molar-refractivity contribution in [3.63, 3.8) is 0 Å². The second kappa shape index (κ2) is 14.5. The van der Waals surface area contributed by atoms with E-state index in [-0.39, 0.29) is 18.4 Å². The molecule has 10 nitrogen and oxygen atoms in total. The number of hydrogen-bond acceptors (Lipinski definition) is 6. The third-order valence-corrected chi connectivity index (χ3v) is 3.59. The van der Waals surface area contributed by atoms with Gasteiger partial charge >= 0.3 is 12.2 Å². The lowest BCUT2D eigenvalue weighted by Gasteiger charge is -2.22. The van der Waals surface area contributed by atoms with Crippen molar-refractivity contribution in [1.82, 2.24) is 21.3 Å². The molecule has 0 aliphatic rings. The van der Waals surface area contributed by atoms with Crippen LogP contribution in [0.1, 0.15) is 53.9 Å². The first-order chi connectivity index (χ1) is 13.2. The average molecular weight is 402 g/mol. The van der Waals surface area contributed by atoms with Crippen LogP contribution in [0.2, 0.25) is 0 Å². The molecule has 0 heterocycles. The molecular formula is C18H34N4O6. The zero-order valence-electron chi connectivity index (χ0n) is 17.4. The van der Waals surface area contributed by atoms with Crippen molar-refractivity contribution < 1.29 is 28.7 Å². The van der Waals surface area contributed by atoms with E-state index in [1.165, 1.54) is 0 Å². The standard InChI is InChI=1S/C18H34N4O6/c1-6-27-17(25)19-11-9-8-10-14(22-18(26)28-7-2)16(24)21-13(5)20-15(23)12(3)4/h12-14H,6-11H2,1-5H3,(H,19,25)(H,20,23)(H,21,24)(H,22,26). The number of hydrogen-bond donors (Lipinski definition) is 4. The Bertz CT molecular complexity index is 512. The van der Waals surface area contributed by atoms with Crippen LogP contribution in [0.3, 0.4) is 0 Å². The molecule has 0 rings (SSSR count). The quantitative estimate of drug-likeness (QED) is 0.287. The minimum atomic E-state index is -0.819. The van der Waals surface area contributed by atoms with Gasteiger partial charge in [-0.2, -0.15) is 0 Å². The fourth-order valence-electron chi connectivity index (χ4n) is 2.16. The maximum Gasteiger partial charge on any atom is 0.407 e. The van der Waals surface area contributed by atoms with Crippen molar-refractivity contribution >= 4 is 24.0 Å². The molecule has 0 aromatic heterocycles. The Hall–Kier alpha value is -2.52. The molecule has 2 atom stereocenters. The fraction of sp³-hybridized carbons (Fsp3) is 0.778. The van der Waals surface area contributed by atoms with Crippen LogP contribution in [-0.4, -0.2) is 56.0 Å². The summed E-state index contributed by atoms with van der Waals surface area (Å²) in [5, 5.41) is 10.4. The number of nitrogens with one attached hydrogen (secondary N) is 4. The minimum Gasteiger partial charge on any atom is -0.450 e. The third kappa shape index (κ3) is 12.0. The lowest BCUT2D eigenvalue weighted by Crippen LogP contribution is -2.54. The first-order valence-corrected chi connectivity index (χ1v) is 9.65. The Morgan fingerprint density at radius 3 is 1.93 bits per heavy atom. The molecule has 0 saturated carbocycles. The topological polar surface area (TPSA) is 135 Å². The number of unbranched alkanes of at least 4 members (excludes halogenated alkanes) is 1. The van der Waals surface area contributed by atoms with Gasteiger partial charge in [0.15, 0.2) is 0 Å². The van der Waals surface area contributed by atoms with Crippen molar-refractivity contribution in [2.45, 2.75) is 66.1 Å². The Kier molecular flexibility index (Phi) is 13.2. The summed E-state index contributed by atoms with van der Waals surface area (Å²) in [6, 6.07) is -0.819. The second-order valence-corrected chi connectivity index (χ2v) is 6.45. The molecule has 0 aliphatic heterocycles. The highest BCUT2D eigenvalue weighted by molar-refractivity contribution is 5.86. The van der Waals surface area contributed by atoms with Crippen molar-refractivity contribution in [1.29, 1.82) is 0 Å². The average Bonchev–Trinajstić information content (AvgIpc) is 2.60. The van der Waals surface area contributed by atoms with E-state index in [4.69, 9.17) is 9.47 Å². The van der Waals surface area contributed by atoms with Crippen LogP contribution in [0.15, 0.2) is 0 Å². The first kappa shape index (κ1) is 25.5. The molecule has 0 aromatic rings. The van der Waals surface area contributed by atoms with Crippen LogP contribution in [0, 0.1) is 5.92 Å². The molecule has 0 spiro atoms. The highest BCUT2D eigenvalue weighted by Gasteiger charge is 2.23. The van der Waals surface area contributed by atoms with E-state index in [1.54, 1.807) is 34.6 Å². The fourth-order valence-corrected chi connectivity index (χ4v) is 2.16. The zero-order chi connectivity index (χ0) is 21.5. The van der Waals surface area contributed by atoms with Gasteiger partial charge in [0.1, 0.15) is 6.04 Å². The highest BCUT2D eigenvalue weighted by Crippen LogP contribution is 2.03. The monoisotopic (exact) mass is 402 g/mol. The number of carbonyl (C=O) groups is 4. The van der Waals surface area contributed by atoms with E-state index < -0.39 is 30.3 Å². The van der Waals surface area contributed by atoms with Gasteiger partial charge in [-0.05, 0) is 40.0 Å². The predicted octanol–water partition coefficient (Wildman–Crippen LogP) is 1.25. The highest BCUT2D eigenvalue weighted by atomic mass is 16.6. The van der Waals surface area contributed by atoms with E-state index in [2.05, 4.69) is 21.3 Å². The Morgan fingerprint density at radius 2 is 1.36 bits per heavy atom. The summed E-state index contributed by atoms with van der Waals surface area (Å²) in [7, 11) is 0. The smallest absolute Gasteiger partial charge is 0.407 e. The van der Waals surface area contributed by atoms with E-state index in [0.717, 1.165) is 0 Å². The van der Waals surface area contributed by atoms with E-state index in [0.29, 0.717) is 32.4 Å². The molecule has 4 N–H and O–H groups in total. The lowest BCUT2D eigenvalue weighted by atomic mass is 10.1. The van der Waals surface area contributed by atoms with Gasteiger partial charge in [0.25, 0.3) is 0 Å². The Balaban J connectivity index is 4.56. The number of carbonyl (C=O) groups excluding carboxylic acids is 4. The molecule has 0 aliphatic carbocycles. The molecule has 28 heavy (non-hydrogen) atoms. The van der Waals surface area contributed by atoms with Gasteiger partial charge in [-0.15, -0.1) is 0 Å². The molecule has 0 aromatic carbocycles. The van der Waals surface area contributed by atoms with Crippen LogP contribution < -0.4 is 21.3 Å². The van der Waals surface area contributed by atoms with Crippen molar-refractivity contribution in [3.8, 4) is 0 Å². The minimum absolute atomic E-state index is 0.185. The molecule has 0 saturated heterocycles. The van der Waals surface area contributed by atoms with Gasteiger partial charge in [0.2, 0.25) is 11.8 Å². The SMILES string of the molecule is CCOC(=O)NCCCCC(NC(=O)OCC)C(=O)NC(C)NC(=O)C(C)C. The van der Waals surface area contributed by atoms with Crippen molar-refractivity contribution in [2.24, 2.45) is 5.92 Å². The second-order valence-electron chi connectivity index (χ2n) is 6.45. The molecule has 162 valence electrons. The summed E-state index contributed by atoms with van der Waals surface area (Å²) < 4.78 is 9.59. The summed E-state index contributed by atoms with van der Waals surface area (Å²) in [5.74, 6) is -0.824. The van der Waals surface area contributed by atoms with Crippen LogP contribution in [0.25, 0.3) is 0 Å². The first-order valence-electron chi connectivity index (χ1n) is 9.65. The molecule has 4 amide bonds. The van der Waals surface area contributed by atoms with Gasteiger partial charge in [-0.3, -0.25) is 9.59 Å². The number of rotatable bonds is 12. The zero-order valence-corrected chi connectivity index (χ0v) is 17.4. The Labute approximate surface area is 166 Å². The third-order valence-electron chi connectivity index (χ3n) is 3.59. The number of ether oxygens (including phenoxy) is 2. The predicted molar refractivity (Wildman–Crippen MR) is 103 cm³/mol. The van der Waals surface area contributed by atoms with Gasteiger partial charge in [0.05, 0.1) is 19.4 Å². The molecule has 0 bridgehead atoms. The molecule has 0 fully saturated rings. The van der Waals surface area contributed by atoms with Crippen molar-refractivity contribution in [3.05, 3.63) is 0 Å². The van der Waals surface area contributed by atoms with E-state index >= 15 is 0 Å². The number of amides is 4. The lowest BCUT2D eigenvalue weighted by molar-refractivity contribution is -0.126. The van der Waals surface area contributed by atoms with E-state index in [1.807, 2.05) is 0 Å². The summed E-state index contributed by atoms with van der Waals surface area (Å²) in [5.41, 5.74) is 0. The van der Waals surface area contributed by atoms with E-state index in [9.17, 15) is 19.2 Å². The summed E-state index contributed by atoms with van der Waals surface area (Å²) in [4.78, 5) is 47.1. The van der Waals surface area contributed by atoms with Gasteiger partial charge in [-0.25, -0.2) is 9.59 Å². The van der Waals surface area contributed by atoms with Crippen LogP contribution in [-0.2, 0) is 19.1 Å². The summed E-state index contributed by atoms with van der Waals surface area (Å²) >= 11 is 0. The van der Waals surface area contributed by atoms with Gasteiger partial charge < -0.3 is 30.7 Å². The summed E-state index contributed by atoms with van der Waals surface area (Å²) in [6.07, 6.45) is -0.238. The Morgan fingerprint density at radius 1 is 0.786 bits per heavy atom. The maximum atomic E-state index is 12.5. The van der Waals surface area contributed by atoms with Crippen molar-refractivity contribution in [2.75, 3.05) is 19.8 Å². The van der Waals surface area contributed by atoms with Gasteiger partial charge in [-0.1, -0.05) is 13.8 Å². The van der Waals surface area contributed by atoms with Crippen LogP contribution in [0.5, 0.6) is 0 Å². The molecular weight excluding hydrogens is 368 g/mol. The number of alkyl carbamates (subject to hydrolysis) is 2. The maximum absolute atomic E-state index is 12.5. The van der Waals surface area contributed by atoms with Crippen LogP contribution >= 0.6 is 0 Å². The molecule has 2 unspecified atom stereocenters. The largest absolute Gasteiger partial charge is 0.450 e. The normalized spacial score (nSPS) is 12.5. The van der Waals surface area contributed by atoms with Crippen LogP contribution in [0.4, 0.5) is 9.59 Å². The summed E-state index contributed by atoms with van der Waals surface area (Å²) in [6.45, 7) is 9.40. The molecule has 10 heteroatoms. The molecule has 0 radical (unpaired) electrons.